The highest BCUT2D eigenvalue weighted by Gasteiger charge is 2.17. The molecule has 1 aromatic carbocycles. The molecule has 0 bridgehead atoms. The summed E-state index contributed by atoms with van der Waals surface area (Å²) in [6.07, 6.45) is 5.66. The van der Waals surface area contributed by atoms with Gasteiger partial charge in [0.15, 0.2) is 17.5 Å². The smallest absolute Gasteiger partial charge is 0.387 e. The molecule has 1 aromatic rings. The lowest BCUT2D eigenvalue weighted by Gasteiger charge is -2.33. The van der Waals surface area contributed by atoms with Crippen molar-refractivity contribution in [2.75, 3.05) is 40.3 Å². The second kappa shape index (κ2) is 14.6. The molecule has 0 spiro atoms. The van der Waals surface area contributed by atoms with Gasteiger partial charge in [0.25, 0.3) is 0 Å². The lowest BCUT2D eigenvalue weighted by atomic mass is 10.0. The predicted molar refractivity (Wildman–Crippen MR) is 128 cm³/mol. The summed E-state index contributed by atoms with van der Waals surface area (Å²) in [5.74, 6) is 1.09. The van der Waals surface area contributed by atoms with Crippen LogP contribution in [0.15, 0.2) is 23.2 Å². The van der Waals surface area contributed by atoms with Crippen molar-refractivity contribution in [3.8, 4) is 11.5 Å². The zero-order valence-corrected chi connectivity index (χ0v) is 20.5. The Morgan fingerprint density at radius 3 is 2.67 bits per heavy atom. The molecule has 0 aliphatic carbocycles. The molecule has 1 unspecified atom stereocenters. The van der Waals surface area contributed by atoms with Crippen LogP contribution in [0.5, 0.6) is 11.5 Å². The van der Waals surface area contributed by atoms with Gasteiger partial charge in [-0.3, -0.25) is 4.99 Å². The second-order valence-corrected chi connectivity index (χ2v) is 7.27. The number of guanidine groups is 1. The lowest BCUT2D eigenvalue weighted by molar-refractivity contribution is -0.0512. The van der Waals surface area contributed by atoms with Gasteiger partial charge in [-0.1, -0.05) is 12.5 Å². The number of hydrogen-bond donors (Lipinski definition) is 2. The molecule has 0 amide bonds. The van der Waals surface area contributed by atoms with Gasteiger partial charge in [0.05, 0.1) is 7.11 Å². The first kappa shape index (κ1) is 26.7. The maximum absolute atomic E-state index is 12.5. The Morgan fingerprint density at radius 2 is 2.00 bits per heavy atom. The number of methoxy groups -OCH3 is 1. The number of rotatable bonds is 10. The van der Waals surface area contributed by atoms with Crippen molar-refractivity contribution in [2.45, 2.75) is 51.7 Å². The fourth-order valence-corrected chi connectivity index (χ4v) is 3.59. The van der Waals surface area contributed by atoms with Crippen LogP contribution < -0.4 is 20.1 Å². The normalized spacial score (nSPS) is 17.4. The van der Waals surface area contributed by atoms with Crippen LogP contribution in [-0.4, -0.2) is 63.8 Å². The zero-order valence-electron chi connectivity index (χ0n) is 18.1. The molecule has 1 saturated heterocycles. The number of nitrogens with zero attached hydrogens (tertiary/aromatic N) is 2. The molecule has 9 heteroatoms. The molecule has 30 heavy (non-hydrogen) atoms. The van der Waals surface area contributed by atoms with Crippen LogP contribution in [-0.2, 0) is 6.42 Å². The minimum atomic E-state index is -2.88. The van der Waals surface area contributed by atoms with E-state index in [1.807, 2.05) is 6.07 Å². The number of likely N-dealkylation sites (tertiary alicyclic amines) is 1. The average Bonchev–Trinajstić information content (AvgIpc) is 2.70. The maximum Gasteiger partial charge on any atom is 0.387 e. The number of hydrogen-bond acceptors (Lipinski definition) is 4. The summed E-state index contributed by atoms with van der Waals surface area (Å²) in [6.45, 7) is 3.22. The van der Waals surface area contributed by atoms with Crippen LogP contribution in [0.2, 0.25) is 0 Å². The third kappa shape index (κ3) is 9.20. The first-order valence-corrected chi connectivity index (χ1v) is 10.3. The Kier molecular flexibility index (Phi) is 13.0. The van der Waals surface area contributed by atoms with E-state index in [4.69, 9.17) is 4.74 Å². The third-order valence-corrected chi connectivity index (χ3v) is 5.23. The van der Waals surface area contributed by atoms with E-state index < -0.39 is 6.61 Å². The van der Waals surface area contributed by atoms with Gasteiger partial charge < -0.3 is 25.0 Å². The van der Waals surface area contributed by atoms with Gasteiger partial charge in [-0.25, -0.2) is 0 Å². The van der Waals surface area contributed by atoms with Crippen molar-refractivity contribution in [3.05, 3.63) is 23.8 Å². The van der Waals surface area contributed by atoms with E-state index in [1.54, 1.807) is 19.2 Å². The Hall–Kier alpha value is -1.36. The van der Waals surface area contributed by atoms with Crippen LogP contribution >= 0.6 is 24.0 Å². The first-order valence-electron chi connectivity index (χ1n) is 10.3. The van der Waals surface area contributed by atoms with Gasteiger partial charge in [0, 0.05) is 32.7 Å². The van der Waals surface area contributed by atoms with E-state index in [2.05, 4.69) is 32.2 Å². The van der Waals surface area contributed by atoms with Crippen molar-refractivity contribution >= 4 is 29.9 Å². The van der Waals surface area contributed by atoms with E-state index in [0.717, 1.165) is 31.0 Å². The fourth-order valence-electron chi connectivity index (χ4n) is 3.59. The van der Waals surface area contributed by atoms with Crippen LogP contribution in [0.3, 0.4) is 0 Å². The quantitative estimate of drug-likeness (QED) is 0.204. The fraction of sp³-hybridized carbons (Fsp3) is 0.667. The Bertz CT molecular complexity index is 649. The predicted octanol–water partition coefficient (Wildman–Crippen LogP) is 3.89. The van der Waals surface area contributed by atoms with Crippen molar-refractivity contribution in [3.63, 3.8) is 0 Å². The van der Waals surface area contributed by atoms with E-state index in [0.29, 0.717) is 24.8 Å². The molecule has 2 N–H and O–H groups in total. The van der Waals surface area contributed by atoms with Gasteiger partial charge in [-0.05, 0) is 56.8 Å². The van der Waals surface area contributed by atoms with Crippen LogP contribution in [0, 0.1) is 0 Å². The molecule has 6 nitrogen and oxygen atoms in total. The van der Waals surface area contributed by atoms with E-state index in [-0.39, 0.29) is 29.7 Å². The van der Waals surface area contributed by atoms with Crippen molar-refractivity contribution < 1.29 is 18.3 Å². The molecule has 2 rings (SSSR count). The maximum atomic E-state index is 12.5. The summed E-state index contributed by atoms with van der Waals surface area (Å²) in [4.78, 5) is 6.80. The summed E-state index contributed by atoms with van der Waals surface area (Å²) in [7, 11) is 3.17. The molecule has 1 heterocycles. The number of nitrogens with one attached hydrogen (secondary N) is 2. The first-order chi connectivity index (χ1) is 14.0. The van der Waals surface area contributed by atoms with Crippen LogP contribution in [0.25, 0.3) is 0 Å². The SMILES string of the molecule is CN=C(NCCCN1CCCCC1C)NCCc1ccc(OC)c(OC(F)F)c1.I. The monoisotopic (exact) mass is 540 g/mol. The summed E-state index contributed by atoms with van der Waals surface area (Å²) in [6, 6.07) is 5.75. The summed E-state index contributed by atoms with van der Waals surface area (Å²) in [5.41, 5.74) is 0.878. The average molecular weight is 540 g/mol. The molecule has 1 aliphatic heterocycles. The molecule has 1 atom stereocenters. The van der Waals surface area contributed by atoms with Crippen LogP contribution in [0.1, 0.15) is 38.2 Å². The van der Waals surface area contributed by atoms with Crippen LogP contribution in [0.4, 0.5) is 8.78 Å². The molecule has 0 radical (unpaired) electrons. The van der Waals surface area contributed by atoms with Gasteiger partial charge in [-0.2, -0.15) is 8.78 Å². The van der Waals surface area contributed by atoms with Crippen molar-refractivity contribution in [1.29, 1.82) is 0 Å². The number of aliphatic imine (C=N–C) groups is 1. The molecule has 1 fully saturated rings. The van der Waals surface area contributed by atoms with E-state index in [9.17, 15) is 8.78 Å². The molecule has 1 aliphatic rings. The Morgan fingerprint density at radius 1 is 1.23 bits per heavy atom. The topological polar surface area (TPSA) is 58.1 Å². The molecular formula is C21H35F2IN4O2. The minimum Gasteiger partial charge on any atom is -0.493 e. The molecule has 0 saturated carbocycles. The highest BCUT2D eigenvalue weighted by atomic mass is 127. The highest BCUT2D eigenvalue weighted by molar-refractivity contribution is 14.0. The number of halogens is 3. The van der Waals surface area contributed by atoms with Gasteiger partial charge in [-0.15, -0.1) is 24.0 Å². The van der Waals surface area contributed by atoms with E-state index in [1.165, 1.54) is 32.9 Å². The summed E-state index contributed by atoms with van der Waals surface area (Å²) < 4.78 is 34.7. The van der Waals surface area contributed by atoms with Gasteiger partial charge in [0.1, 0.15) is 0 Å². The molecule has 172 valence electrons. The third-order valence-electron chi connectivity index (χ3n) is 5.23. The van der Waals surface area contributed by atoms with Gasteiger partial charge >= 0.3 is 6.61 Å². The van der Waals surface area contributed by atoms with Crippen molar-refractivity contribution in [1.82, 2.24) is 15.5 Å². The Balaban J connectivity index is 0.00000450. The largest absolute Gasteiger partial charge is 0.493 e. The second-order valence-electron chi connectivity index (χ2n) is 7.27. The zero-order chi connectivity index (χ0) is 21.1. The minimum absolute atomic E-state index is 0. The molecule has 0 aromatic heterocycles. The summed E-state index contributed by atoms with van der Waals surface area (Å²) in [5, 5.41) is 6.59. The summed E-state index contributed by atoms with van der Waals surface area (Å²) >= 11 is 0. The number of benzene rings is 1. The Labute approximate surface area is 195 Å². The van der Waals surface area contributed by atoms with Gasteiger partial charge in [0.2, 0.25) is 0 Å². The van der Waals surface area contributed by atoms with E-state index >= 15 is 0 Å². The number of piperidine rings is 1. The highest BCUT2D eigenvalue weighted by Crippen LogP contribution is 2.29. The molecular weight excluding hydrogens is 505 g/mol. The lowest BCUT2D eigenvalue weighted by Crippen LogP contribution is -2.41. The number of ether oxygens (including phenoxy) is 2. The number of alkyl halides is 2. The van der Waals surface area contributed by atoms with Crippen molar-refractivity contribution in [2.24, 2.45) is 4.99 Å². The standard InChI is InChI=1S/C21H34F2N4O2.HI/c1-16-7-4-5-13-27(16)14-6-11-25-21(24-2)26-12-10-17-8-9-18(28-3)19(15-17)29-20(22)23;/h8-9,15-16,20H,4-7,10-14H2,1-3H3,(H2,24,25,26);1H.